The second-order valence-corrected chi connectivity index (χ2v) is 7.42. The zero-order valence-electron chi connectivity index (χ0n) is 16.1. The van der Waals surface area contributed by atoms with Gasteiger partial charge in [0.25, 0.3) is 11.8 Å². The van der Waals surface area contributed by atoms with E-state index in [1.807, 2.05) is 6.07 Å². The lowest BCUT2D eigenvalue weighted by Crippen LogP contribution is -2.43. The average Bonchev–Trinajstić information content (AvgIpc) is 3.30. The van der Waals surface area contributed by atoms with Crippen molar-refractivity contribution in [2.75, 3.05) is 11.9 Å². The molecule has 1 aromatic heterocycles. The van der Waals surface area contributed by atoms with Crippen molar-refractivity contribution in [2.45, 2.75) is 12.5 Å². The number of rotatable bonds is 8. The van der Waals surface area contributed by atoms with Gasteiger partial charge in [-0.1, -0.05) is 36.4 Å². The number of amides is 2. The first kappa shape index (κ1) is 22.1. The van der Waals surface area contributed by atoms with E-state index in [0.717, 1.165) is 23.8 Å². The molecule has 0 radical (unpaired) electrons. The van der Waals surface area contributed by atoms with Crippen molar-refractivity contribution < 1.29 is 27.9 Å². The first-order valence-corrected chi connectivity index (χ1v) is 10.1. The Kier molecular flexibility index (Phi) is 7.45. The van der Waals surface area contributed by atoms with Gasteiger partial charge in [0.1, 0.15) is 17.7 Å². The lowest BCUT2D eigenvalue weighted by Gasteiger charge is -2.17. The Balaban J connectivity index is 1.63. The van der Waals surface area contributed by atoms with Crippen molar-refractivity contribution in [3.8, 4) is 0 Å². The molecule has 3 rings (SSSR count). The van der Waals surface area contributed by atoms with E-state index in [-0.39, 0.29) is 12.1 Å². The van der Waals surface area contributed by atoms with Crippen LogP contribution in [-0.4, -0.2) is 30.4 Å². The maximum atomic E-state index is 13.6. The predicted octanol–water partition coefficient (Wildman–Crippen LogP) is 3.55. The summed E-state index contributed by atoms with van der Waals surface area (Å²) in [6.45, 7) is -0.727. The smallest absolute Gasteiger partial charge is 0.329 e. The average molecular weight is 444 g/mol. The van der Waals surface area contributed by atoms with E-state index in [0.29, 0.717) is 4.88 Å². The van der Waals surface area contributed by atoms with Gasteiger partial charge in [0.15, 0.2) is 6.61 Å². The summed E-state index contributed by atoms with van der Waals surface area (Å²) in [5, 5.41) is 6.49. The van der Waals surface area contributed by atoms with E-state index in [1.165, 1.54) is 11.3 Å². The van der Waals surface area contributed by atoms with Crippen LogP contribution in [0.5, 0.6) is 0 Å². The van der Waals surface area contributed by atoms with E-state index in [1.54, 1.807) is 41.8 Å². The zero-order chi connectivity index (χ0) is 22.2. The zero-order valence-corrected chi connectivity index (χ0v) is 17.0. The van der Waals surface area contributed by atoms with Crippen LogP contribution in [0.2, 0.25) is 0 Å². The molecule has 2 N–H and O–H groups in total. The van der Waals surface area contributed by atoms with Crippen molar-refractivity contribution in [1.82, 2.24) is 5.32 Å². The van der Waals surface area contributed by atoms with Crippen LogP contribution in [0.15, 0.2) is 66.0 Å². The van der Waals surface area contributed by atoms with Crippen molar-refractivity contribution in [2.24, 2.45) is 0 Å². The van der Waals surface area contributed by atoms with Crippen molar-refractivity contribution in [3.05, 3.63) is 88.1 Å². The largest absolute Gasteiger partial charge is 0.454 e. The Bertz CT molecular complexity index is 1060. The number of carbonyl (C=O) groups is 3. The molecule has 2 aromatic carbocycles. The van der Waals surface area contributed by atoms with Gasteiger partial charge < -0.3 is 15.4 Å². The summed E-state index contributed by atoms with van der Waals surface area (Å²) in [7, 11) is 0. The molecule has 1 atom stereocenters. The van der Waals surface area contributed by atoms with E-state index >= 15 is 0 Å². The molecule has 0 aliphatic rings. The fourth-order valence-electron chi connectivity index (χ4n) is 2.70. The number of esters is 1. The molecule has 1 heterocycles. The number of halogens is 2. The number of benzene rings is 2. The molecule has 31 heavy (non-hydrogen) atoms. The van der Waals surface area contributed by atoms with Gasteiger partial charge in [-0.15, -0.1) is 11.3 Å². The highest BCUT2D eigenvalue weighted by molar-refractivity contribution is 7.12. The van der Waals surface area contributed by atoms with Crippen molar-refractivity contribution in [1.29, 1.82) is 0 Å². The van der Waals surface area contributed by atoms with Gasteiger partial charge in [-0.25, -0.2) is 13.6 Å². The van der Waals surface area contributed by atoms with Gasteiger partial charge >= 0.3 is 5.97 Å². The summed E-state index contributed by atoms with van der Waals surface area (Å²) in [6, 6.07) is 13.9. The molecule has 2 amide bonds. The van der Waals surface area contributed by atoms with Crippen LogP contribution in [-0.2, 0) is 20.7 Å². The SMILES string of the molecule is O=C(COC(=O)[C@@H](Cc1ccccc1)NC(=O)c1cccs1)Nc1cc(F)ccc1F. The maximum Gasteiger partial charge on any atom is 0.329 e. The third-order valence-corrected chi connectivity index (χ3v) is 5.03. The van der Waals surface area contributed by atoms with Gasteiger partial charge in [0.2, 0.25) is 0 Å². The minimum absolute atomic E-state index is 0.150. The van der Waals surface area contributed by atoms with Crippen molar-refractivity contribution in [3.63, 3.8) is 0 Å². The summed E-state index contributed by atoms with van der Waals surface area (Å²) in [6.07, 6.45) is 0.150. The molecule has 0 bridgehead atoms. The topological polar surface area (TPSA) is 84.5 Å². The summed E-state index contributed by atoms with van der Waals surface area (Å²) in [5.74, 6) is -3.68. The standard InChI is InChI=1S/C22H18F2N2O4S/c23-15-8-9-16(24)17(12-15)25-20(27)13-30-22(29)18(11-14-5-2-1-3-6-14)26-21(28)19-7-4-10-31-19/h1-10,12,18H,11,13H2,(H,25,27)(H,26,28)/t18-/m1/s1. The molecule has 3 aromatic rings. The molecule has 0 spiro atoms. The van der Waals surface area contributed by atoms with Gasteiger partial charge in [0.05, 0.1) is 10.6 Å². The van der Waals surface area contributed by atoms with Crippen LogP contribution in [0, 0.1) is 11.6 Å². The van der Waals surface area contributed by atoms with Crippen LogP contribution >= 0.6 is 11.3 Å². The summed E-state index contributed by atoms with van der Waals surface area (Å²) in [4.78, 5) is 37.4. The Labute approximate surface area is 180 Å². The van der Waals surface area contributed by atoms with Crippen LogP contribution in [0.3, 0.4) is 0 Å². The van der Waals surface area contributed by atoms with Crippen LogP contribution in [0.4, 0.5) is 14.5 Å². The maximum absolute atomic E-state index is 13.6. The number of ether oxygens (including phenoxy) is 1. The highest BCUT2D eigenvalue weighted by Gasteiger charge is 2.24. The lowest BCUT2D eigenvalue weighted by atomic mass is 10.1. The van der Waals surface area contributed by atoms with E-state index in [4.69, 9.17) is 4.74 Å². The molecular formula is C22H18F2N2O4S. The summed E-state index contributed by atoms with van der Waals surface area (Å²) in [5.41, 5.74) is 0.412. The summed E-state index contributed by atoms with van der Waals surface area (Å²) < 4.78 is 31.9. The number of nitrogens with one attached hydrogen (secondary N) is 2. The molecule has 160 valence electrons. The minimum Gasteiger partial charge on any atom is -0.454 e. The van der Waals surface area contributed by atoms with Gasteiger partial charge in [-0.2, -0.15) is 0 Å². The van der Waals surface area contributed by atoms with Crippen LogP contribution in [0.1, 0.15) is 15.2 Å². The molecule has 0 fully saturated rings. The molecular weight excluding hydrogens is 426 g/mol. The highest BCUT2D eigenvalue weighted by Crippen LogP contribution is 2.15. The predicted molar refractivity (Wildman–Crippen MR) is 112 cm³/mol. The molecule has 0 unspecified atom stereocenters. The second-order valence-electron chi connectivity index (χ2n) is 6.47. The molecule has 0 saturated heterocycles. The Hall–Kier alpha value is -3.59. The Morgan fingerprint density at radius 3 is 2.48 bits per heavy atom. The van der Waals surface area contributed by atoms with Crippen LogP contribution in [0.25, 0.3) is 0 Å². The number of hydrogen-bond acceptors (Lipinski definition) is 5. The number of thiophene rings is 1. The molecule has 9 heteroatoms. The first-order chi connectivity index (χ1) is 14.9. The number of hydrogen-bond donors (Lipinski definition) is 2. The van der Waals surface area contributed by atoms with Gasteiger partial charge in [-0.3, -0.25) is 9.59 Å². The molecule has 6 nitrogen and oxygen atoms in total. The minimum atomic E-state index is -1.05. The number of anilines is 1. The quantitative estimate of drug-likeness (QED) is 0.521. The Morgan fingerprint density at radius 2 is 1.77 bits per heavy atom. The second kappa shape index (κ2) is 10.4. The Morgan fingerprint density at radius 1 is 1.00 bits per heavy atom. The van der Waals surface area contributed by atoms with Gasteiger partial charge in [0, 0.05) is 12.5 Å². The highest BCUT2D eigenvalue weighted by atomic mass is 32.1. The fourth-order valence-corrected chi connectivity index (χ4v) is 3.32. The van der Waals surface area contributed by atoms with Crippen molar-refractivity contribution >= 4 is 34.8 Å². The van der Waals surface area contributed by atoms with E-state index < -0.39 is 42.1 Å². The lowest BCUT2D eigenvalue weighted by molar-refractivity contribution is -0.149. The molecule has 0 aliphatic heterocycles. The monoisotopic (exact) mass is 444 g/mol. The molecule has 0 aliphatic carbocycles. The first-order valence-electron chi connectivity index (χ1n) is 9.22. The normalized spacial score (nSPS) is 11.4. The third-order valence-electron chi connectivity index (χ3n) is 4.17. The van der Waals surface area contributed by atoms with E-state index in [2.05, 4.69) is 10.6 Å². The number of carbonyl (C=O) groups excluding carboxylic acids is 3. The fraction of sp³-hybridized carbons (Fsp3) is 0.136. The third kappa shape index (κ3) is 6.45. The summed E-state index contributed by atoms with van der Waals surface area (Å²) >= 11 is 1.22. The van der Waals surface area contributed by atoms with Gasteiger partial charge in [-0.05, 0) is 29.1 Å². The van der Waals surface area contributed by atoms with Crippen LogP contribution < -0.4 is 10.6 Å². The van der Waals surface area contributed by atoms with E-state index in [9.17, 15) is 23.2 Å². The molecule has 0 saturated carbocycles.